The van der Waals surface area contributed by atoms with Gasteiger partial charge in [0.1, 0.15) is 24.4 Å². The highest BCUT2D eigenvalue weighted by Gasteiger charge is 2.57. The zero-order chi connectivity index (χ0) is 25.4. The second kappa shape index (κ2) is 10.5. The average molecular weight is 481 g/mol. The Morgan fingerprint density at radius 2 is 1.91 bits per heavy atom. The summed E-state index contributed by atoms with van der Waals surface area (Å²) < 4.78 is 12.2. The molecule has 2 fully saturated rings. The molecule has 1 saturated carbocycles. The summed E-state index contributed by atoms with van der Waals surface area (Å²) in [4.78, 5) is 12.2. The number of carbonyl (C=O) groups is 1. The smallest absolute Gasteiger partial charge is 0.187 e. The minimum absolute atomic E-state index is 0.121. The number of allylic oxidation sites excluding steroid dienone is 3. The van der Waals surface area contributed by atoms with Crippen molar-refractivity contribution in [3.05, 3.63) is 23.8 Å². The molecule has 0 aromatic carbocycles. The largest absolute Gasteiger partial charge is 0.394 e. The summed E-state index contributed by atoms with van der Waals surface area (Å²) in [5.74, 6) is 0.983. The molecule has 0 aromatic rings. The van der Waals surface area contributed by atoms with Crippen LogP contribution in [0.1, 0.15) is 73.1 Å². The van der Waals surface area contributed by atoms with E-state index in [-0.39, 0.29) is 17.1 Å². The van der Waals surface area contributed by atoms with Gasteiger partial charge in [0.2, 0.25) is 0 Å². The molecule has 7 heteroatoms. The van der Waals surface area contributed by atoms with Gasteiger partial charge in [-0.05, 0) is 81.6 Å². The molecule has 3 aliphatic rings. The highest BCUT2D eigenvalue weighted by Crippen LogP contribution is 2.59. The Morgan fingerprint density at radius 3 is 2.53 bits per heavy atom. The van der Waals surface area contributed by atoms with Crippen molar-refractivity contribution < 1.29 is 34.7 Å². The third-order valence-electron chi connectivity index (χ3n) is 8.85. The minimum atomic E-state index is -1.46. The molecule has 0 bridgehead atoms. The summed E-state index contributed by atoms with van der Waals surface area (Å²) in [7, 11) is 0. The Balaban J connectivity index is 1.83. The SMILES string of the molecule is C=C(C)C(=O)CC[C@@H](C)[C@@H]1CC[C@](C)(O[C@@H]2O[C@H](CO)[C@H](O)[C@H](O)[C@H]2O)[C@H]2CCC(C)=C[C@@]12C. The first kappa shape index (κ1) is 27.5. The maximum absolute atomic E-state index is 12.2. The lowest BCUT2D eigenvalue weighted by molar-refractivity contribution is -0.340. The Labute approximate surface area is 203 Å². The molecule has 4 N–H and O–H groups in total. The third kappa shape index (κ3) is 5.20. The number of fused-ring (bicyclic) bond motifs is 1. The zero-order valence-electron chi connectivity index (χ0n) is 21.4. The number of rotatable bonds is 8. The summed E-state index contributed by atoms with van der Waals surface area (Å²) in [5.41, 5.74) is 1.18. The van der Waals surface area contributed by atoms with Crippen molar-refractivity contribution in [3.8, 4) is 0 Å². The van der Waals surface area contributed by atoms with Gasteiger partial charge in [-0.15, -0.1) is 0 Å². The van der Waals surface area contributed by atoms with E-state index in [4.69, 9.17) is 9.47 Å². The number of Topliss-reactive ketones (excluding diaryl/α,β-unsaturated/α-hetero) is 1. The highest BCUT2D eigenvalue weighted by molar-refractivity contribution is 5.94. The van der Waals surface area contributed by atoms with E-state index >= 15 is 0 Å². The number of ketones is 1. The molecule has 0 aromatic heterocycles. The summed E-state index contributed by atoms with van der Waals surface area (Å²) in [6, 6.07) is 0. The lowest BCUT2D eigenvalue weighted by Gasteiger charge is -2.59. The van der Waals surface area contributed by atoms with Crippen LogP contribution in [0.5, 0.6) is 0 Å². The summed E-state index contributed by atoms with van der Waals surface area (Å²) in [5, 5.41) is 40.5. The summed E-state index contributed by atoms with van der Waals surface area (Å²) in [6.07, 6.45) is 0.843. The Hall–Kier alpha value is -1.09. The van der Waals surface area contributed by atoms with Crippen LogP contribution in [0.4, 0.5) is 0 Å². The predicted octanol–water partition coefficient (Wildman–Crippen LogP) is 2.90. The van der Waals surface area contributed by atoms with Gasteiger partial charge in [0.15, 0.2) is 12.1 Å². The van der Waals surface area contributed by atoms with E-state index in [0.717, 1.165) is 32.1 Å². The van der Waals surface area contributed by atoms with Crippen molar-refractivity contribution in [2.24, 2.45) is 23.2 Å². The number of hydrogen-bond acceptors (Lipinski definition) is 7. The molecular formula is C27H44O7. The van der Waals surface area contributed by atoms with E-state index in [1.54, 1.807) is 6.92 Å². The van der Waals surface area contributed by atoms with E-state index in [9.17, 15) is 25.2 Å². The van der Waals surface area contributed by atoms with Gasteiger partial charge in [-0.3, -0.25) is 4.79 Å². The summed E-state index contributed by atoms with van der Waals surface area (Å²) >= 11 is 0. The Bertz CT molecular complexity index is 792. The Morgan fingerprint density at radius 1 is 1.24 bits per heavy atom. The molecule has 0 amide bonds. The van der Waals surface area contributed by atoms with Gasteiger partial charge in [-0.25, -0.2) is 0 Å². The first-order valence-corrected chi connectivity index (χ1v) is 12.7. The van der Waals surface area contributed by atoms with Crippen LogP contribution < -0.4 is 0 Å². The molecule has 1 heterocycles. The van der Waals surface area contributed by atoms with Crippen molar-refractivity contribution in [2.75, 3.05) is 6.61 Å². The lowest BCUT2D eigenvalue weighted by atomic mass is 9.50. The highest BCUT2D eigenvalue weighted by atomic mass is 16.7. The van der Waals surface area contributed by atoms with Gasteiger partial charge < -0.3 is 29.9 Å². The van der Waals surface area contributed by atoms with Crippen LogP contribution in [-0.2, 0) is 14.3 Å². The standard InChI is InChI=1S/C27H44O7/c1-15(2)19(29)9-8-17(4)18-11-12-27(6,21-10-7-16(3)13-26(18,21)5)34-25-24(32)23(31)22(30)20(14-28)33-25/h13,17-18,20-25,28,30-32H,1,7-12,14H2,2-6H3/t17-,18+,20-,21+,22+,23+,24-,25+,26+,27+/m1/s1. The molecule has 3 rings (SSSR count). The van der Waals surface area contributed by atoms with Crippen molar-refractivity contribution in [1.82, 2.24) is 0 Å². The fourth-order valence-electron chi connectivity index (χ4n) is 6.88. The topological polar surface area (TPSA) is 116 Å². The van der Waals surface area contributed by atoms with E-state index in [0.29, 0.717) is 23.8 Å². The van der Waals surface area contributed by atoms with Crippen LogP contribution in [0.15, 0.2) is 23.8 Å². The first-order chi connectivity index (χ1) is 15.8. The molecule has 194 valence electrons. The number of aliphatic hydroxyl groups excluding tert-OH is 4. The van der Waals surface area contributed by atoms with E-state index in [2.05, 4.69) is 40.3 Å². The maximum Gasteiger partial charge on any atom is 0.187 e. The lowest BCUT2D eigenvalue weighted by Crippen LogP contribution is -2.63. The van der Waals surface area contributed by atoms with Crippen LogP contribution in [0, 0.1) is 23.2 Å². The fourth-order valence-corrected chi connectivity index (χ4v) is 6.88. The van der Waals surface area contributed by atoms with Crippen molar-refractivity contribution in [2.45, 2.75) is 109 Å². The van der Waals surface area contributed by atoms with Crippen LogP contribution in [0.2, 0.25) is 0 Å². The molecule has 0 spiro atoms. The zero-order valence-corrected chi connectivity index (χ0v) is 21.4. The monoisotopic (exact) mass is 480 g/mol. The second-order valence-corrected chi connectivity index (χ2v) is 11.4. The number of carbonyl (C=O) groups excluding carboxylic acids is 1. The molecule has 0 unspecified atom stereocenters. The third-order valence-corrected chi connectivity index (χ3v) is 8.85. The van der Waals surface area contributed by atoms with Gasteiger partial charge in [-0.2, -0.15) is 0 Å². The molecule has 1 aliphatic heterocycles. The van der Waals surface area contributed by atoms with Crippen molar-refractivity contribution in [3.63, 3.8) is 0 Å². The molecule has 1 saturated heterocycles. The molecule has 0 radical (unpaired) electrons. The van der Waals surface area contributed by atoms with E-state index < -0.39 is 42.9 Å². The van der Waals surface area contributed by atoms with E-state index in [1.807, 2.05) is 0 Å². The normalized spacial score (nSPS) is 43.6. The molecule has 10 atom stereocenters. The van der Waals surface area contributed by atoms with Crippen LogP contribution >= 0.6 is 0 Å². The predicted molar refractivity (Wildman–Crippen MR) is 129 cm³/mol. The van der Waals surface area contributed by atoms with Gasteiger partial charge >= 0.3 is 0 Å². The number of hydrogen-bond donors (Lipinski definition) is 4. The number of ether oxygens (including phenoxy) is 2. The number of aliphatic hydroxyl groups is 4. The molecule has 2 aliphatic carbocycles. The minimum Gasteiger partial charge on any atom is -0.394 e. The second-order valence-electron chi connectivity index (χ2n) is 11.4. The molecular weight excluding hydrogens is 436 g/mol. The van der Waals surface area contributed by atoms with Gasteiger partial charge in [0, 0.05) is 6.42 Å². The quantitative estimate of drug-likeness (QED) is 0.312. The van der Waals surface area contributed by atoms with Gasteiger partial charge in [0.05, 0.1) is 12.2 Å². The average Bonchev–Trinajstić information content (AvgIpc) is 2.77. The maximum atomic E-state index is 12.2. The first-order valence-electron chi connectivity index (χ1n) is 12.7. The fraction of sp³-hybridized carbons (Fsp3) is 0.815. The van der Waals surface area contributed by atoms with Crippen molar-refractivity contribution >= 4 is 5.78 Å². The van der Waals surface area contributed by atoms with Crippen molar-refractivity contribution in [1.29, 1.82) is 0 Å². The van der Waals surface area contributed by atoms with E-state index in [1.165, 1.54) is 5.57 Å². The van der Waals surface area contributed by atoms with Crippen LogP contribution in [-0.4, -0.2) is 69.1 Å². The Kier molecular flexibility index (Phi) is 8.48. The van der Waals surface area contributed by atoms with Gasteiger partial charge in [-0.1, -0.05) is 32.1 Å². The molecule has 34 heavy (non-hydrogen) atoms. The van der Waals surface area contributed by atoms with Crippen LogP contribution in [0.25, 0.3) is 0 Å². The molecule has 7 nitrogen and oxygen atoms in total. The summed E-state index contributed by atoms with van der Waals surface area (Å²) in [6.45, 7) is 13.8. The van der Waals surface area contributed by atoms with Crippen LogP contribution in [0.3, 0.4) is 0 Å². The van der Waals surface area contributed by atoms with Gasteiger partial charge in [0.25, 0.3) is 0 Å².